The number of carboxylic acid groups (broad SMARTS) is 1. The highest BCUT2D eigenvalue weighted by atomic mass is 16.5. The average Bonchev–Trinajstić information content (AvgIpc) is 2.78. The van der Waals surface area contributed by atoms with Gasteiger partial charge in [-0.05, 0) is 42.2 Å². The Hall–Kier alpha value is -3.47. The highest BCUT2D eigenvalue weighted by Crippen LogP contribution is 2.25. The number of likely N-dealkylation sites (N-methyl/N-ethyl adjacent to an activating group) is 1. The first-order valence-electron chi connectivity index (χ1n) is 10.1. The van der Waals surface area contributed by atoms with Gasteiger partial charge in [0, 0.05) is 19.2 Å². The molecule has 3 rings (SSSR count). The van der Waals surface area contributed by atoms with E-state index in [1.165, 1.54) is 4.90 Å². The van der Waals surface area contributed by atoms with Gasteiger partial charge in [-0.3, -0.25) is 0 Å². The van der Waals surface area contributed by atoms with E-state index in [1.807, 2.05) is 78.9 Å². The third-order valence-electron chi connectivity index (χ3n) is 4.75. The molecule has 30 heavy (non-hydrogen) atoms. The van der Waals surface area contributed by atoms with E-state index in [4.69, 9.17) is 9.47 Å². The molecular weight excluding hydrogens is 378 g/mol. The van der Waals surface area contributed by atoms with E-state index in [1.54, 1.807) is 6.92 Å². The fourth-order valence-electron chi connectivity index (χ4n) is 3.07. The van der Waals surface area contributed by atoms with Crippen LogP contribution >= 0.6 is 0 Å². The fourth-order valence-corrected chi connectivity index (χ4v) is 3.07. The van der Waals surface area contributed by atoms with E-state index in [-0.39, 0.29) is 0 Å². The van der Waals surface area contributed by atoms with E-state index in [0.29, 0.717) is 44.2 Å². The quantitative estimate of drug-likeness (QED) is 0.511. The number of hydrogen-bond donors (Lipinski definition) is 0. The van der Waals surface area contributed by atoms with E-state index in [0.717, 1.165) is 16.7 Å². The summed E-state index contributed by atoms with van der Waals surface area (Å²) in [5, 5.41) is 11.2. The molecule has 3 aromatic carbocycles. The topological polar surface area (TPSA) is 61.8 Å². The van der Waals surface area contributed by atoms with E-state index in [9.17, 15) is 9.90 Å². The van der Waals surface area contributed by atoms with Gasteiger partial charge in [0.2, 0.25) is 0 Å². The highest BCUT2D eigenvalue weighted by Gasteiger charge is 2.08. The minimum atomic E-state index is -1.16. The van der Waals surface area contributed by atoms with Crippen molar-refractivity contribution in [3.05, 3.63) is 95.6 Å². The summed E-state index contributed by atoms with van der Waals surface area (Å²) >= 11 is 0. The van der Waals surface area contributed by atoms with Gasteiger partial charge in [0.1, 0.15) is 30.8 Å². The molecule has 0 spiro atoms. The van der Waals surface area contributed by atoms with Crippen LogP contribution < -0.4 is 14.6 Å². The zero-order chi connectivity index (χ0) is 21.2. The summed E-state index contributed by atoms with van der Waals surface area (Å²) in [6, 6.07) is 25.6. The highest BCUT2D eigenvalue weighted by molar-refractivity contribution is 5.62. The second-order valence-electron chi connectivity index (χ2n) is 6.96. The molecule has 5 heteroatoms. The normalized spacial score (nSPS) is 10.4. The standard InChI is InChI=1S/C25H27NO4/c1-2-26(25(27)28)14-13-22-15-23(29-18-20-9-5-3-6-10-20)17-24(16-22)30-19-21-11-7-4-8-12-21/h3-12,15-17H,2,13-14,18-19H2,1H3,(H,27,28)/p-1. The van der Waals surface area contributed by atoms with Crippen LogP contribution in [-0.2, 0) is 19.6 Å². The van der Waals surface area contributed by atoms with Crippen molar-refractivity contribution in [3.8, 4) is 11.5 Å². The summed E-state index contributed by atoms with van der Waals surface area (Å²) in [5.74, 6) is 1.38. The molecule has 0 heterocycles. The molecule has 0 fully saturated rings. The molecular formula is C25H26NO4-. The molecule has 156 valence electrons. The third-order valence-corrected chi connectivity index (χ3v) is 4.75. The van der Waals surface area contributed by atoms with Crippen LogP contribution in [0.15, 0.2) is 78.9 Å². The van der Waals surface area contributed by atoms with Crippen LogP contribution in [0.4, 0.5) is 4.79 Å². The molecule has 3 aromatic rings. The number of rotatable bonds is 10. The Kier molecular flexibility index (Phi) is 7.72. The molecule has 0 bridgehead atoms. The van der Waals surface area contributed by atoms with Gasteiger partial charge in [0.05, 0.1) is 0 Å². The number of nitrogens with zero attached hydrogens (tertiary/aromatic N) is 1. The Bertz CT molecular complexity index is 867. The summed E-state index contributed by atoms with van der Waals surface area (Å²) in [6.07, 6.45) is -0.610. The summed E-state index contributed by atoms with van der Waals surface area (Å²) in [5.41, 5.74) is 3.09. The maximum Gasteiger partial charge on any atom is 0.136 e. The van der Waals surface area contributed by atoms with Crippen LogP contribution in [0.25, 0.3) is 0 Å². The lowest BCUT2D eigenvalue weighted by atomic mass is 10.1. The van der Waals surface area contributed by atoms with Crippen LogP contribution in [0.5, 0.6) is 11.5 Å². The van der Waals surface area contributed by atoms with Gasteiger partial charge in [0.15, 0.2) is 0 Å². The third kappa shape index (κ3) is 6.55. The number of carbonyl (C=O) groups excluding carboxylic acids is 1. The van der Waals surface area contributed by atoms with Crippen LogP contribution in [-0.4, -0.2) is 24.1 Å². The predicted molar refractivity (Wildman–Crippen MR) is 114 cm³/mol. The minimum Gasteiger partial charge on any atom is -0.530 e. The molecule has 0 saturated heterocycles. The number of amides is 1. The zero-order valence-electron chi connectivity index (χ0n) is 17.1. The van der Waals surface area contributed by atoms with E-state index < -0.39 is 6.09 Å². The van der Waals surface area contributed by atoms with Crippen molar-refractivity contribution in [2.24, 2.45) is 0 Å². The van der Waals surface area contributed by atoms with Crippen molar-refractivity contribution < 1.29 is 19.4 Å². The first kappa shape index (κ1) is 21.2. The summed E-state index contributed by atoms with van der Waals surface area (Å²) in [7, 11) is 0. The summed E-state index contributed by atoms with van der Waals surface area (Å²) in [4.78, 5) is 12.4. The first-order valence-corrected chi connectivity index (χ1v) is 10.1. The van der Waals surface area contributed by atoms with Crippen molar-refractivity contribution in [2.45, 2.75) is 26.6 Å². The Morgan fingerprint density at radius 2 is 1.30 bits per heavy atom. The lowest BCUT2D eigenvalue weighted by molar-refractivity contribution is -0.265. The van der Waals surface area contributed by atoms with Gasteiger partial charge in [-0.25, -0.2) is 0 Å². The maximum absolute atomic E-state index is 11.2. The van der Waals surface area contributed by atoms with Gasteiger partial charge in [-0.1, -0.05) is 60.7 Å². The lowest BCUT2D eigenvalue weighted by Gasteiger charge is -2.23. The smallest absolute Gasteiger partial charge is 0.136 e. The Morgan fingerprint density at radius 1 is 0.800 bits per heavy atom. The van der Waals surface area contributed by atoms with E-state index >= 15 is 0 Å². The molecule has 0 aliphatic heterocycles. The molecule has 0 aliphatic rings. The van der Waals surface area contributed by atoms with Crippen molar-refractivity contribution >= 4 is 6.09 Å². The summed E-state index contributed by atoms with van der Waals surface area (Å²) < 4.78 is 12.0. The average molecular weight is 404 g/mol. The van der Waals surface area contributed by atoms with Gasteiger partial charge in [0.25, 0.3) is 0 Å². The lowest BCUT2D eigenvalue weighted by Crippen LogP contribution is -2.42. The SMILES string of the molecule is CCN(CCc1cc(OCc2ccccc2)cc(OCc2ccccc2)c1)C(=O)[O-]. The van der Waals surface area contributed by atoms with Crippen molar-refractivity contribution in [1.82, 2.24) is 4.90 Å². The Labute approximate surface area is 177 Å². The molecule has 0 aliphatic carbocycles. The Balaban J connectivity index is 1.73. The van der Waals surface area contributed by atoms with Gasteiger partial charge < -0.3 is 24.3 Å². The second kappa shape index (κ2) is 10.9. The molecule has 0 aromatic heterocycles. The number of benzene rings is 3. The number of carbonyl (C=O) groups is 1. The number of hydrogen-bond acceptors (Lipinski definition) is 4. The second-order valence-corrected chi connectivity index (χ2v) is 6.96. The summed E-state index contributed by atoms with van der Waals surface area (Å²) in [6.45, 7) is 3.44. The van der Waals surface area contributed by atoms with Gasteiger partial charge in [-0.15, -0.1) is 0 Å². The minimum absolute atomic E-state index is 0.360. The fraction of sp³-hybridized carbons (Fsp3) is 0.240. The molecule has 0 unspecified atom stereocenters. The van der Waals surface area contributed by atoms with Gasteiger partial charge >= 0.3 is 0 Å². The van der Waals surface area contributed by atoms with Crippen molar-refractivity contribution in [1.29, 1.82) is 0 Å². The van der Waals surface area contributed by atoms with Crippen LogP contribution in [0.1, 0.15) is 23.6 Å². The maximum atomic E-state index is 11.2. The Morgan fingerprint density at radius 3 is 1.73 bits per heavy atom. The van der Waals surface area contributed by atoms with Crippen molar-refractivity contribution in [2.75, 3.05) is 13.1 Å². The molecule has 0 saturated carbocycles. The molecule has 0 radical (unpaired) electrons. The van der Waals surface area contributed by atoms with Crippen LogP contribution in [0, 0.1) is 0 Å². The van der Waals surface area contributed by atoms with Gasteiger partial charge in [-0.2, -0.15) is 0 Å². The van der Waals surface area contributed by atoms with E-state index in [2.05, 4.69) is 0 Å². The number of ether oxygens (including phenoxy) is 2. The molecule has 1 amide bonds. The molecule has 5 nitrogen and oxygen atoms in total. The molecule has 0 N–H and O–H groups in total. The first-order chi connectivity index (χ1) is 14.6. The van der Waals surface area contributed by atoms with Crippen LogP contribution in [0.2, 0.25) is 0 Å². The largest absolute Gasteiger partial charge is 0.530 e. The predicted octanol–water partition coefficient (Wildman–Crippen LogP) is 4.05. The van der Waals surface area contributed by atoms with Crippen molar-refractivity contribution in [3.63, 3.8) is 0 Å². The zero-order valence-corrected chi connectivity index (χ0v) is 17.1. The van der Waals surface area contributed by atoms with Crippen LogP contribution in [0.3, 0.4) is 0 Å². The molecule has 0 atom stereocenters. The monoisotopic (exact) mass is 404 g/mol.